The molecule has 0 spiro atoms. The molecule has 0 saturated heterocycles. The number of carbonyl (C=O) groups is 1. The van der Waals surface area contributed by atoms with Crippen molar-refractivity contribution < 1.29 is 14.3 Å². The van der Waals surface area contributed by atoms with E-state index in [1.165, 1.54) is 6.42 Å². The average Bonchev–Trinajstić information content (AvgIpc) is 2.56. The fraction of sp³-hybridized carbons (Fsp3) is 0.682. The molecule has 1 saturated carbocycles. The highest BCUT2D eigenvalue weighted by molar-refractivity contribution is 5.97. The van der Waals surface area contributed by atoms with Gasteiger partial charge in [-0.2, -0.15) is 0 Å². The van der Waals surface area contributed by atoms with E-state index >= 15 is 0 Å². The monoisotopic (exact) mass is 361 g/mol. The van der Waals surface area contributed by atoms with Crippen molar-refractivity contribution in [3.8, 4) is 5.75 Å². The molecule has 1 fully saturated rings. The Bertz CT molecular complexity index is 603. The normalized spacial score (nSPS) is 23.1. The van der Waals surface area contributed by atoms with E-state index in [-0.39, 0.29) is 12.0 Å². The maximum atomic E-state index is 13.2. The van der Waals surface area contributed by atoms with Gasteiger partial charge in [-0.15, -0.1) is 0 Å². The summed E-state index contributed by atoms with van der Waals surface area (Å²) in [6, 6.07) is 3.98. The van der Waals surface area contributed by atoms with E-state index in [4.69, 9.17) is 9.47 Å². The quantitative estimate of drug-likeness (QED) is 0.707. The van der Waals surface area contributed by atoms with Gasteiger partial charge in [0, 0.05) is 12.3 Å². The van der Waals surface area contributed by atoms with E-state index in [2.05, 4.69) is 19.2 Å². The third-order valence-corrected chi connectivity index (χ3v) is 5.02. The molecule has 1 aromatic carbocycles. The van der Waals surface area contributed by atoms with Crippen LogP contribution in [0.2, 0.25) is 0 Å². The molecule has 26 heavy (non-hydrogen) atoms. The Labute approximate surface area is 158 Å². The first-order valence-corrected chi connectivity index (χ1v) is 10.0. The Morgan fingerprint density at radius 2 is 1.96 bits per heavy atom. The summed E-state index contributed by atoms with van der Waals surface area (Å²) in [6.07, 6.45) is 4.85. The summed E-state index contributed by atoms with van der Waals surface area (Å²) >= 11 is 0. The zero-order chi connectivity index (χ0) is 19.3. The van der Waals surface area contributed by atoms with Gasteiger partial charge in [0.15, 0.2) is 0 Å². The lowest BCUT2D eigenvalue weighted by Gasteiger charge is -2.38. The summed E-state index contributed by atoms with van der Waals surface area (Å²) in [5, 5.41) is 3.12. The van der Waals surface area contributed by atoms with Crippen molar-refractivity contribution >= 4 is 11.6 Å². The Morgan fingerprint density at radius 3 is 2.50 bits per heavy atom. The van der Waals surface area contributed by atoms with Gasteiger partial charge in [-0.3, -0.25) is 4.79 Å². The van der Waals surface area contributed by atoms with Gasteiger partial charge in [-0.1, -0.05) is 20.3 Å². The first-order chi connectivity index (χ1) is 12.3. The summed E-state index contributed by atoms with van der Waals surface area (Å²) in [5.74, 6) is 1.41. The topological polar surface area (TPSA) is 47.6 Å². The second-order valence-corrected chi connectivity index (χ2v) is 8.10. The largest absolute Gasteiger partial charge is 0.490 e. The number of hydrogen-bond acceptors (Lipinski definition) is 3. The van der Waals surface area contributed by atoms with Gasteiger partial charge in [0.2, 0.25) is 0 Å². The molecule has 2 rings (SSSR count). The third-order valence-electron chi connectivity index (χ3n) is 5.02. The maximum absolute atomic E-state index is 13.2. The van der Waals surface area contributed by atoms with Crippen LogP contribution in [0.1, 0.15) is 70.9 Å². The molecule has 146 valence electrons. The SMILES string of the molecule is CCCO[C@]1(C(=O)Nc2cc(C)c(OC(C)C)c(C)c2)CCC[C@@H](C)C1. The lowest BCUT2D eigenvalue weighted by Crippen LogP contribution is -2.48. The molecule has 1 aromatic rings. The molecule has 1 aliphatic carbocycles. The number of aryl methyl sites for hydroxylation is 2. The van der Waals surface area contributed by atoms with Crippen LogP contribution in [0.3, 0.4) is 0 Å². The molecule has 4 heteroatoms. The maximum Gasteiger partial charge on any atom is 0.256 e. The van der Waals surface area contributed by atoms with Crippen LogP contribution in [0.25, 0.3) is 0 Å². The molecule has 4 nitrogen and oxygen atoms in total. The van der Waals surface area contributed by atoms with Crippen LogP contribution in [0.4, 0.5) is 5.69 Å². The minimum atomic E-state index is -0.692. The Kier molecular flexibility index (Phi) is 7.10. The molecule has 0 bridgehead atoms. The zero-order valence-corrected chi connectivity index (χ0v) is 17.3. The molecular formula is C22H35NO3. The van der Waals surface area contributed by atoms with Crippen LogP contribution in [-0.2, 0) is 9.53 Å². The van der Waals surface area contributed by atoms with Crippen LogP contribution >= 0.6 is 0 Å². The summed E-state index contributed by atoms with van der Waals surface area (Å²) in [4.78, 5) is 13.2. The van der Waals surface area contributed by atoms with Crippen molar-refractivity contribution in [3.05, 3.63) is 23.3 Å². The number of amides is 1. The smallest absolute Gasteiger partial charge is 0.256 e. The highest BCUT2D eigenvalue weighted by Gasteiger charge is 2.42. The van der Waals surface area contributed by atoms with Crippen molar-refractivity contribution in [2.45, 2.75) is 85.4 Å². The number of carbonyl (C=O) groups excluding carboxylic acids is 1. The molecule has 1 N–H and O–H groups in total. The molecule has 0 unspecified atom stereocenters. The van der Waals surface area contributed by atoms with Crippen LogP contribution < -0.4 is 10.1 Å². The van der Waals surface area contributed by atoms with Crippen LogP contribution in [0.5, 0.6) is 5.75 Å². The number of nitrogens with one attached hydrogen (secondary N) is 1. The van der Waals surface area contributed by atoms with Gasteiger partial charge in [0.05, 0.1) is 6.10 Å². The van der Waals surface area contributed by atoms with Crippen molar-refractivity contribution in [1.29, 1.82) is 0 Å². The molecule has 1 amide bonds. The van der Waals surface area contributed by atoms with Gasteiger partial charge in [0.25, 0.3) is 5.91 Å². The zero-order valence-electron chi connectivity index (χ0n) is 17.3. The standard InChI is InChI=1S/C22H35NO3/c1-7-11-25-22(10-8-9-16(4)14-22)21(24)23-19-12-17(5)20(18(6)13-19)26-15(2)3/h12-13,15-16H,7-11,14H2,1-6H3,(H,23,24)/t16-,22-/m1/s1. The molecule has 0 aromatic heterocycles. The first kappa shape index (κ1) is 20.8. The predicted molar refractivity (Wildman–Crippen MR) is 107 cm³/mol. The lowest BCUT2D eigenvalue weighted by atomic mass is 9.78. The minimum Gasteiger partial charge on any atom is -0.490 e. The number of anilines is 1. The van der Waals surface area contributed by atoms with E-state index in [9.17, 15) is 4.79 Å². The van der Waals surface area contributed by atoms with E-state index in [0.717, 1.165) is 48.2 Å². The van der Waals surface area contributed by atoms with Crippen LogP contribution in [-0.4, -0.2) is 24.2 Å². The number of rotatable bonds is 7. The van der Waals surface area contributed by atoms with Gasteiger partial charge < -0.3 is 14.8 Å². The minimum absolute atomic E-state index is 0.00571. The van der Waals surface area contributed by atoms with E-state index < -0.39 is 5.60 Å². The van der Waals surface area contributed by atoms with E-state index in [1.807, 2.05) is 39.8 Å². The number of hydrogen-bond donors (Lipinski definition) is 1. The van der Waals surface area contributed by atoms with Crippen molar-refractivity contribution in [1.82, 2.24) is 0 Å². The van der Waals surface area contributed by atoms with Crippen molar-refractivity contribution in [3.63, 3.8) is 0 Å². The molecule has 1 aliphatic rings. The summed E-state index contributed by atoms with van der Waals surface area (Å²) in [6.45, 7) is 13.0. The van der Waals surface area contributed by atoms with Gasteiger partial charge in [0.1, 0.15) is 11.4 Å². The fourth-order valence-corrected chi connectivity index (χ4v) is 3.89. The molecule has 0 aliphatic heterocycles. The summed E-state index contributed by atoms with van der Waals surface area (Å²) < 4.78 is 12.0. The fourth-order valence-electron chi connectivity index (χ4n) is 3.89. The highest BCUT2D eigenvalue weighted by Crippen LogP contribution is 2.37. The molecule has 2 atom stereocenters. The van der Waals surface area contributed by atoms with Crippen LogP contribution in [0, 0.1) is 19.8 Å². The Hall–Kier alpha value is -1.55. The van der Waals surface area contributed by atoms with E-state index in [0.29, 0.717) is 12.5 Å². The summed E-state index contributed by atoms with van der Waals surface area (Å²) in [7, 11) is 0. The first-order valence-electron chi connectivity index (χ1n) is 10.0. The van der Waals surface area contributed by atoms with Crippen molar-refractivity contribution in [2.75, 3.05) is 11.9 Å². The van der Waals surface area contributed by atoms with Crippen molar-refractivity contribution in [2.24, 2.45) is 5.92 Å². The lowest BCUT2D eigenvalue weighted by molar-refractivity contribution is -0.148. The average molecular weight is 362 g/mol. The van der Waals surface area contributed by atoms with Gasteiger partial charge >= 0.3 is 0 Å². The molecular weight excluding hydrogens is 326 g/mol. The second-order valence-electron chi connectivity index (χ2n) is 8.10. The van der Waals surface area contributed by atoms with E-state index in [1.54, 1.807) is 0 Å². The number of ether oxygens (including phenoxy) is 2. The van der Waals surface area contributed by atoms with Crippen LogP contribution in [0.15, 0.2) is 12.1 Å². The molecule has 0 heterocycles. The summed E-state index contributed by atoms with van der Waals surface area (Å²) in [5.41, 5.74) is 2.20. The second kappa shape index (κ2) is 8.90. The Morgan fingerprint density at radius 1 is 1.31 bits per heavy atom. The third kappa shape index (κ3) is 5.00. The Balaban J connectivity index is 2.20. The highest BCUT2D eigenvalue weighted by atomic mass is 16.5. The predicted octanol–water partition coefficient (Wildman–Crippen LogP) is 5.40. The van der Waals surface area contributed by atoms with Gasteiger partial charge in [-0.05, 0) is 82.6 Å². The number of benzene rings is 1. The van der Waals surface area contributed by atoms with Gasteiger partial charge in [-0.25, -0.2) is 0 Å². The molecule has 0 radical (unpaired) electrons.